The molecule has 3 N–H and O–H groups in total. The summed E-state index contributed by atoms with van der Waals surface area (Å²) < 4.78 is 1.73. The van der Waals surface area contributed by atoms with Crippen molar-refractivity contribution in [2.24, 2.45) is 0 Å². The first-order valence-corrected chi connectivity index (χ1v) is 10.5. The monoisotopic (exact) mass is 417 g/mol. The van der Waals surface area contributed by atoms with Crippen LogP contribution in [0.5, 0.6) is 0 Å². The van der Waals surface area contributed by atoms with Crippen LogP contribution in [0.3, 0.4) is 0 Å². The fourth-order valence-corrected chi connectivity index (χ4v) is 3.87. The molecule has 0 amide bonds. The lowest BCUT2D eigenvalue weighted by atomic mass is 10.0. The summed E-state index contributed by atoms with van der Waals surface area (Å²) in [5.74, 6) is 0.613. The van der Waals surface area contributed by atoms with Gasteiger partial charge in [-0.3, -0.25) is 4.98 Å². The minimum atomic E-state index is -0.138. The topological polar surface area (TPSA) is 96.1 Å². The molecule has 0 spiro atoms. The van der Waals surface area contributed by atoms with Crippen molar-refractivity contribution < 1.29 is 10.2 Å². The van der Waals surface area contributed by atoms with Crippen LogP contribution < -0.4 is 5.32 Å². The van der Waals surface area contributed by atoms with Crippen LogP contribution in [0, 0.1) is 0 Å². The van der Waals surface area contributed by atoms with E-state index < -0.39 is 0 Å². The normalized spacial score (nSPS) is 12.4. The third-order valence-electron chi connectivity index (χ3n) is 5.46. The van der Waals surface area contributed by atoms with E-state index in [0.717, 1.165) is 46.3 Å². The number of benzene rings is 1. The Balaban J connectivity index is 1.84. The molecular formula is C24H27N5O2. The largest absolute Gasteiger partial charge is 0.392 e. The van der Waals surface area contributed by atoms with Crippen LogP contribution in [0.4, 0.5) is 0 Å². The number of fused-ring (bicyclic) bond motifs is 1. The van der Waals surface area contributed by atoms with Crippen LogP contribution >= 0.6 is 0 Å². The first-order chi connectivity index (χ1) is 15.2. The Bertz CT molecular complexity index is 1190. The van der Waals surface area contributed by atoms with Crippen LogP contribution in [-0.4, -0.2) is 37.0 Å². The molecule has 7 nitrogen and oxygen atoms in total. The lowest BCUT2D eigenvalue weighted by molar-refractivity contribution is 0.276. The van der Waals surface area contributed by atoms with Gasteiger partial charge in [0.15, 0.2) is 5.82 Å². The number of nitrogens with one attached hydrogen (secondary N) is 1. The molecule has 0 bridgehead atoms. The highest BCUT2D eigenvalue weighted by molar-refractivity contribution is 5.88. The number of pyridine rings is 2. The van der Waals surface area contributed by atoms with E-state index in [4.69, 9.17) is 4.98 Å². The Morgan fingerprint density at radius 3 is 2.61 bits per heavy atom. The van der Waals surface area contributed by atoms with Crippen LogP contribution in [0.15, 0.2) is 54.7 Å². The maximum absolute atomic E-state index is 10.0. The van der Waals surface area contributed by atoms with Crippen LogP contribution in [-0.2, 0) is 13.2 Å². The van der Waals surface area contributed by atoms with Crippen molar-refractivity contribution in [2.75, 3.05) is 7.05 Å². The van der Waals surface area contributed by atoms with Gasteiger partial charge in [-0.05, 0) is 55.4 Å². The van der Waals surface area contributed by atoms with Crippen LogP contribution in [0.1, 0.15) is 42.8 Å². The standard InChI is InChI=1S/C24H27N5O2/c1-3-6-21(25-2)22-9-5-8-20(28-22)16-11-17(14-30)19-13-26-29(23(19)12-16)24-10-4-7-18(15-31)27-24/h4-5,7-13,21,25,30-31H,3,6,14-15H2,1-2H3/t21-/m0/s1. The van der Waals surface area contributed by atoms with Crippen LogP contribution in [0.25, 0.3) is 28.0 Å². The Morgan fingerprint density at radius 1 is 1.03 bits per heavy atom. The molecule has 0 saturated heterocycles. The number of hydrogen-bond acceptors (Lipinski definition) is 6. The van der Waals surface area contributed by atoms with Crippen molar-refractivity contribution in [3.63, 3.8) is 0 Å². The molecule has 0 saturated carbocycles. The molecule has 0 radical (unpaired) electrons. The zero-order chi connectivity index (χ0) is 21.8. The molecule has 1 aromatic carbocycles. The second kappa shape index (κ2) is 9.34. The molecule has 0 fully saturated rings. The summed E-state index contributed by atoms with van der Waals surface area (Å²) in [7, 11) is 1.96. The SMILES string of the molecule is CCC[C@H](NC)c1cccc(-c2cc(CO)c3cnn(-c4cccc(CO)n4)c3c2)n1. The molecule has 31 heavy (non-hydrogen) atoms. The van der Waals surface area contributed by atoms with E-state index in [-0.39, 0.29) is 19.3 Å². The zero-order valence-corrected chi connectivity index (χ0v) is 17.8. The highest BCUT2D eigenvalue weighted by atomic mass is 16.3. The summed E-state index contributed by atoms with van der Waals surface area (Å²) in [6, 6.07) is 15.7. The molecular weight excluding hydrogens is 390 g/mol. The summed E-state index contributed by atoms with van der Waals surface area (Å²) in [4.78, 5) is 9.38. The minimum Gasteiger partial charge on any atom is -0.392 e. The molecule has 160 valence electrons. The van der Waals surface area contributed by atoms with E-state index in [1.165, 1.54) is 0 Å². The number of aliphatic hydroxyl groups is 2. The third-order valence-corrected chi connectivity index (χ3v) is 5.46. The zero-order valence-electron chi connectivity index (χ0n) is 17.8. The number of aliphatic hydroxyl groups excluding tert-OH is 2. The van der Waals surface area contributed by atoms with Gasteiger partial charge in [0.1, 0.15) is 0 Å². The van der Waals surface area contributed by atoms with Crippen molar-refractivity contribution in [1.29, 1.82) is 0 Å². The lowest BCUT2D eigenvalue weighted by Gasteiger charge is -2.16. The number of hydrogen-bond donors (Lipinski definition) is 3. The van der Waals surface area contributed by atoms with Crippen molar-refractivity contribution in [3.8, 4) is 17.1 Å². The van der Waals surface area contributed by atoms with Gasteiger partial charge in [-0.25, -0.2) is 9.67 Å². The average molecular weight is 418 g/mol. The van der Waals surface area contributed by atoms with Crippen LogP contribution in [0.2, 0.25) is 0 Å². The van der Waals surface area contributed by atoms with Gasteiger partial charge < -0.3 is 15.5 Å². The Hall–Kier alpha value is -3.13. The predicted octanol–water partition coefficient (Wildman–Crippen LogP) is 3.53. The van der Waals surface area contributed by atoms with Gasteiger partial charge in [-0.15, -0.1) is 0 Å². The first-order valence-electron chi connectivity index (χ1n) is 10.5. The summed E-state index contributed by atoms with van der Waals surface area (Å²) in [5, 5.41) is 28.1. The lowest BCUT2D eigenvalue weighted by Crippen LogP contribution is -2.17. The van der Waals surface area contributed by atoms with Gasteiger partial charge in [0.05, 0.1) is 42.0 Å². The van der Waals surface area contributed by atoms with E-state index >= 15 is 0 Å². The minimum absolute atomic E-state index is 0.102. The fourth-order valence-electron chi connectivity index (χ4n) is 3.87. The molecule has 0 aliphatic carbocycles. The van der Waals surface area contributed by atoms with E-state index in [1.807, 2.05) is 49.5 Å². The van der Waals surface area contributed by atoms with Gasteiger partial charge >= 0.3 is 0 Å². The molecule has 7 heteroatoms. The van der Waals surface area contributed by atoms with E-state index in [0.29, 0.717) is 11.5 Å². The summed E-state index contributed by atoms with van der Waals surface area (Å²) in [6.45, 7) is 1.92. The van der Waals surface area contributed by atoms with Crippen molar-refractivity contribution in [2.45, 2.75) is 39.0 Å². The highest BCUT2D eigenvalue weighted by Crippen LogP contribution is 2.29. The van der Waals surface area contributed by atoms with Gasteiger partial charge in [0.25, 0.3) is 0 Å². The summed E-state index contributed by atoms with van der Waals surface area (Å²) in [6.07, 6.45) is 3.81. The molecule has 1 atom stereocenters. The molecule has 0 aliphatic rings. The van der Waals surface area contributed by atoms with Gasteiger partial charge in [-0.1, -0.05) is 25.5 Å². The highest BCUT2D eigenvalue weighted by Gasteiger charge is 2.15. The number of nitrogens with zero attached hydrogens (tertiary/aromatic N) is 4. The smallest absolute Gasteiger partial charge is 0.154 e. The van der Waals surface area contributed by atoms with E-state index in [1.54, 1.807) is 16.9 Å². The molecule has 3 aromatic heterocycles. The first kappa shape index (κ1) is 21.1. The maximum Gasteiger partial charge on any atom is 0.154 e. The Morgan fingerprint density at radius 2 is 1.87 bits per heavy atom. The summed E-state index contributed by atoms with van der Waals surface area (Å²) in [5.41, 5.74) is 4.93. The second-order valence-corrected chi connectivity index (χ2v) is 7.51. The molecule has 0 unspecified atom stereocenters. The maximum atomic E-state index is 10.0. The molecule has 3 heterocycles. The Labute approximate surface area is 181 Å². The van der Waals surface area contributed by atoms with Crippen molar-refractivity contribution in [1.82, 2.24) is 25.1 Å². The number of rotatable bonds is 8. The van der Waals surface area contributed by atoms with E-state index in [2.05, 4.69) is 22.3 Å². The average Bonchev–Trinajstić information content (AvgIpc) is 3.26. The predicted molar refractivity (Wildman–Crippen MR) is 121 cm³/mol. The van der Waals surface area contributed by atoms with Crippen molar-refractivity contribution in [3.05, 3.63) is 71.7 Å². The van der Waals surface area contributed by atoms with E-state index in [9.17, 15) is 10.2 Å². The summed E-state index contributed by atoms with van der Waals surface area (Å²) >= 11 is 0. The van der Waals surface area contributed by atoms with Gasteiger partial charge in [0.2, 0.25) is 0 Å². The number of aromatic nitrogens is 4. The third kappa shape index (κ3) is 4.20. The van der Waals surface area contributed by atoms with Gasteiger partial charge in [0, 0.05) is 17.0 Å². The molecule has 4 rings (SSSR count). The quantitative estimate of drug-likeness (QED) is 0.406. The second-order valence-electron chi connectivity index (χ2n) is 7.51. The fraction of sp³-hybridized carbons (Fsp3) is 0.292. The van der Waals surface area contributed by atoms with Crippen molar-refractivity contribution >= 4 is 10.9 Å². The molecule has 0 aliphatic heterocycles. The van der Waals surface area contributed by atoms with Gasteiger partial charge in [-0.2, -0.15) is 5.10 Å². The molecule has 4 aromatic rings. The Kier molecular flexibility index (Phi) is 6.36.